The Labute approximate surface area is 281 Å². The number of aliphatic hydroxyl groups is 3. The summed E-state index contributed by atoms with van der Waals surface area (Å²) in [5.74, 6) is -4.09. The van der Waals surface area contributed by atoms with E-state index in [2.05, 4.69) is 5.32 Å². The second-order valence-electron chi connectivity index (χ2n) is 11.8. The smallest absolute Gasteiger partial charge is 0.405 e. The molecule has 0 bridgehead atoms. The molecule has 0 aliphatic heterocycles. The second-order valence-corrected chi connectivity index (χ2v) is 12.2. The molecule has 0 unspecified atom stereocenters. The lowest BCUT2D eigenvalue weighted by atomic mass is 9.82. The summed E-state index contributed by atoms with van der Waals surface area (Å²) in [7, 11) is 0. The van der Waals surface area contributed by atoms with E-state index in [-0.39, 0.29) is 17.0 Å². The van der Waals surface area contributed by atoms with Crippen molar-refractivity contribution in [3.63, 3.8) is 0 Å². The van der Waals surface area contributed by atoms with Crippen molar-refractivity contribution >= 4 is 35.4 Å². The lowest BCUT2D eigenvalue weighted by Crippen LogP contribution is -2.51. The molecule has 13 heteroatoms. The van der Waals surface area contributed by atoms with E-state index >= 15 is 0 Å². The van der Waals surface area contributed by atoms with E-state index in [1.807, 2.05) is 13.8 Å². The maximum Gasteiger partial charge on any atom is 0.405 e. The zero-order chi connectivity index (χ0) is 35.7. The molecule has 1 saturated carbocycles. The van der Waals surface area contributed by atoms with E-state index in [1.165, 1.54) is 19.1 Å². The summed E-state index contributed by atoms with van der Waals surface area (Å²) in [6.07, 6.45) is 11.1. The number of rotatable bonds is 18. The Kier molecular flexibility index (Phi) is 18.8. The number of hydrogen-bond acceptors (Lipinski definition) is 9. The number of allylic oxidation sites excluding steroid dienone is 9. The molecule has 9 atom stereocenters. The van der Waals surface area contributed by atoms with E-state index in [9.17, 15) is 39.6 Å². The Hall–Kier alpha value is -3.55. The number of aliphatic carboxylic acids is 1. The molecule has 0 radical (unpaired) electrons. The van der Waals surface area contributed by atoms with E-state index in [0.717, 1.165) is 5.57 Å². The molecule has 1 fully saturated rings. The number of amides is 2. The highest BCUT2D eigenvalue weighted by Gasteiger charge is 2.34. The van der Waals surface area contributed by atoms with Gasteiger partial charge in [-0.15, -0.1) is 0 Å². The standard InChI is InChI=1S/C34H50ClN3O9/c1-5-6-14-29(47-34(37)46)22(4)27(39)19-28(40)32(43)31(42)21(3)24(35)13-9-7-11-20(2)12-8-10-15-30(41)38-26-18-23(33(44)45)16-17-25(26)36/h6-15,21-23,25-27,29,31-32,39,42-43H,5,16-19,36H2,1-4H3,(H2,37,46)(H,38,41)(H,44,45)/b9-7+,12-8+,14-6+,15-10+,20-11+,24-13-/t21-,22+,23+,25+,26-,27-,29-,31-,32-/m1/s1. The van der Waals surface area contributed by atoms with Crippen LogP contribution < -0.4 is 16.8 Å². The van der Waals surface area contributed by atoms with Gasteiger partial charge in [0.25, 0.3) is 0 Å². The van der Waals surface area contributed by atoms with Crippen molar-refractivity contribution in [1.82, 2.24) is 5.32 Å². The number of primary amides is 1. The van der Waals surface area contributed by atoms with Gasteiger partial charge < -0.3 is 41.9 Å². The number of ether oxygens (including phenoxy) is 1. The first kappa shape index (κ1) is 41.5. The molecule has 47 heavy (non-hydrogen) atoms. The Balaban J connectivity index is 2.66. The maximum atomic E-state index is 12.6. The van der Waals surface area contributed by atoms with Gasteiger partial charge in [-0.2, -0.15) is 0 Å². The van der Waals surface area contributed by atoms with Crippen LogP contribution in [0.2, 0.25) is 0 Å². The van der Waals surface area contributed by atoms with Crippen LogP contribution in [0.25, 0.3) is 0 Å². The number of carboxylic acids is 1. The zero-order valence-corrected chi connectivity index (χ0v) is 28.1. The number of halogens is 1. The average Bonchev–Trinajstić information content (AvgIpc) is 3.02. The predicted molar refractivity (Wildman–Crippen MR) is 180 cm³/mol. The summed E-state index contributed by atoms with van der Waals surface area (Å²) in [6.45, 7) is 6.81. The fourth-order valence-electron chi connectivity index (χ4n) is 4.81. The van der Waals surface area contributed by atoms with Crippen molar-refractivity contribution in [2.75, 3.05) is 0 Å². The minimum Gasteiger partial charge on any atom is -0.481 e. The van der Waals surface area contributed by atoms with Gasteiger partial charge in [-0.1, -0.05) is 80.5 Å². The number of carboxylic acid groups (broad SMARTS) is 1. The highest BCUT2D eigenvalue weighted by atomic mass is 35.5. The molecule has 2 amide bonds. The number of Topliss-reactive ketones (excluding diaryl/α,β-unsaturated/α-hetero) is 1. The molecule has 0 spiro atoms. The summed E-state index contributed by atoms with van der Waals surface area (Å²) in [5, 5.41) is 43.8. The summed E-state index contributed by atoms with van der Waals surface area (Å²) in [4.78, 5) is 47.4. The van der Waals surface area contributed by atoms with E-state index in [4.69, 9.17) is 27.8 Å². The number of carbonyl (C=O) groups excluding carboxylic acids is 3. The Morgan fingerprint density at radius 2 is 1.66 bits per heavy atom. The summed E-state index contributed by atoms with van der Waals surface area (Å²) >= 11 is 6.31. The fraction of sp³-hybridized carbons (Fsp3) is 0.529. The van der Waals surface area contributed by atoms with Gasteiger partial charge in [0.05, 0.1) is 18.1 Å². The quantitative estimate of drug-likeness (QED) is 0.0637. The molecule has 0 aromatic rings. The molecule has 0 aromatic heterocycles. The zero-order valence-electron chi connectivity index (χ0n) is 27.4. The molecule has 9 N–H and O–H groups in total. The molecule has 12 nitrogen and oxygen atoms in total. The molecule has 1 rings (SSSR count). The van der Waals surface area contributed by atoms with Crippen molar-refractivity contribution in [3.8, 4) is 0 Å². The van der Waals surface area contributed by atoms with Crippen LogP contribution in [0, 0.1) is 17.8 Å². The van der Waals surface area contributed by atoms with Crippen LogP contribution in [0.3, 0.4) is 0 Å². The lowest BCUT2D eigenvalue weighted by molar-refractivity contribution is -0.143. The van der Waals surface area contributed by atoms with Gasteiger partial charge in [-0.25, -0.2) is 4.79 Å². The molecule has 262 valence electrons. The maximum absolute atomic E-state index is 12.6. The fourth-order valence-corrected chi connectivity index (χ4v) is 5.01. The lowest BCUT2D eigenvalue weighted by Gasteiger charge is -2.32. The van der Waals surface area contributed by atoms with Gasteiger partial charge in [0.1, 0.15) is 12.2 Å². The molecule has 0 saturated heterocycles. The Bertz CT molecular complexity index is 1240. The predicted octanol–water partition coefficient (Wildman–Crippen LogP) is 3.17. The summed E-state index contributed by atoms with van der Waals surface area (Å²) < 4.78 is 5.02. The molecule has 0 heterocycles. The third-order valence-corrected chi connectivity index (χ3v) is 8.44. The van der Waals surface area contributed by atoms with Gasteiger partial charge in [0.15, 0.2) is 5.78 Å². The number of nitrogens with two attached hydrogens (primary N) is 2. The third kappa shape index (κ3) is 15.3. The Morgan fingerprint density at radius 1 is 1.02 bits per heavy atom. The van der Waals surface area contributed by atoms with E-state index in [0.29, 0.717) is 25.7 Å². The number of nitrogens with one attached hydrogen (secondary N) is 1. The van der Waals surface area contributed by atoms with Crippen LogP contribution in [-0.4, -0.2) is 80.7 Å². The number of ketones is 1. The van der Waals surface area contributed by atoms with Crippen LogP contribution in [0.15, 0.2) is 71.4 Å². The van der Waals surface area contributed by atoms with Crippen molar-refractivity contribution in [3.05, 3.63) is 71.4 Å². The summed E-state index contributed by atoms with van der Waals surface area (Å²) in [5.41, 5.74) is 12.0. The van der Waals surface area contributed by atoms with Gasteiger partial charge in [-0.3, -0.25) is 14.4 Å². The van der Waals surface area contributed by atoms with E-state index < -0.39 is 72.5 Å². The highest BCUT2D eigenvalue weighted by molar-refractivity contribution is 6.30. The Morgan fingerprint density at radius 3 is 2.28 bits per heavy atom. The van der Waals surface area contributed by atoms with Crippen LogP contribution in [0.4, 0.5) is 4.79 Å². The normalized spacial score (nSPS) is 23.5. The van der Waals surface area contributed by atoms with E-state index in [1.54, 1.807) is 55.5 Å². The first-order chi connectivity index (χ1) is 22.1. The van der Waals surface area contributed by atoms with Crippen LogP contribution in [-0.2, 0) is 19.1 Å². The first-order valence-electron chi connectivity index (χ1n) is 15.6. The minimum atomic E-state index is -1.82. The first-order valence-corrected chi connectivity index (χ1v) is 16.0. The monoisotopic (exact) mass is 679 g/mol. The number of carbonyl (C=O) groups is 4. The molecule has 0 aromatic carbocycles. The molecule has 1 aliphatic rings. The van der Waals surface area contributed by atoms with Gasteiger partial charge in [0, 0.05) is 41.4 Å². The number of aliphatic hydroxyl groups excluding tert-OH is 3. The average molecular weight is 680 g/mol. The minimum absolute atomic E-state index is 0.178. The van der Waals surface area contributed by atoms with Crippen LogP contribution >= 0.6 is 11.6 Å². The van der Waals surface area contributed by atoms with Gasteiger partial charge in [0.2, 0.25) is 5.91 Å². The molecular formula is C34H50ClN3O9. The summed E-state index contributed by atoms with van der Waals surface area (Å²) in [6, 6.07) is -0.687. The van der Waals surface area contributed by atoms with Crippen LogP contribution in [0.5, 0.6) is 0 Å². The van der Waals surface area contributed by atoms with Crippen molar-refractivity contribution < 1.29 is 44.3 Å². The topological polar surface area (TPSA) is 222 Å². The van der Waals surface area contributed by atoms with Crippen molar-refractivity contribution in [2.24, 2.45) is 29.2 Å². The third-order valence-electron chi connectivity index (χ3n) is 7.97. The number of hydrogen-bond donors (Lipinski definition) is 7. The second kappa shape index (κ2) is 21.3. The van der Waals surface area contributed by atoms with Gasteiger partial charge >= 0.3 is 12.1 Å². The van der Waals surface area contributed by atoms with Crippen molar-refractivity contribution in [2.45, 2.75) is 96.3 Å². The SMILES string of the molecule is CC/C=C/[C@@H](OC(N)=O)[C@@H](C)[C@H](O)CC(=O)[C@@H](O)[C@H](O)[C@H](C)/C(Cl)=C/C=C/C=C(C)/C=C/C=C/C(=O)N[C@@H]1C[C@@H](C(=O)O)CC[C@@H]1N. The van der Waals surface area contributed by atoms with Crippen LogP contribution in [0.1, 0.15) is 59.8 Å². The molecular weight excluding hydrogens is 630 g/mol. The van der Waals surface area contributed by atoms with Crippen molar-refractivity contribution in [1.29, 1.82) is 0 Å². The molecule has 1 aliphatic carbocycles. The van der Waals surface area contributed by atoms with Gasteiger partial charge in [-0.05, 0) is 44.8 Å². The largest absolute Gasteiger partial charge is 0.481 e. The highest BCUT2D eigenvalue weighted by Crippen LogP contribution is 2.25.